The van der Waals surface area contributed by atoms with E-state index in [-0.39, 0.29) is 63.3 Å². The Morgan fingerprint density at radius 1 is 0.750 bits per heavy atom. The number of carbonyl (C=O) groups excluding carboxylic acids is 7. The highest BCUT2D eigenvalue weighted by atomic mass is 16.4. The summed E-state index contributed by atoms with van der Waals surface area (Å²) >= 11 is 0. The number of rotatable bonds is 27. The molecule has 1 aliphatic rings. The summed E-state index contributed by atoms with van der Waals surface area (Å²) in [6.07, 6.45) is 4.09. The van der Waals surface area contributed by atoms with Crippen LogP contribution < -0.4 is 49.1 Å². The number of benzene rings is 2. The lowest BCUT2D eigenvalue weighted by Gasteiger charge is -2.32. The molecule has 23 nitrogen and oxygen atoms in total. The summed E-state index contributed by atoms with van der Waals surface area (Å²) in [5.41, 5.74) is 18.3. The number of carboxylic acids is 1. The number of phenolic OH excluding ortho intramolecular Hbond substituents is 1. The van der Waals surface area contributed by atoms with E-state index in [1.807, 2.05) is 0 Å². The third kappa shape index (κ3) is 17.4. The van der Waals surface area contributed by atoms with Gasteiger partial charge in [-0.3, -0.25) is 38.6 Å². The smallest absolute Gasteiger partial charge is 0.326 e. The molecule has 9 atom stereocenters. The van der Waals surface area contributed by atoms with Crippen molar-refractivity contribution in [3.63, 3.8) is 0 Å². The molecule has 3 aromatic rings. The molecular formula is C49H71N13O10. The molecule has 1 fully saturated rings. The molecule has 1 saturated heterocycles. The molecular weight excluding hydrogens is 931 g/mol. The Labute approximate surface area is 418 Å². The highest BCUT2D eigenvalue weighted by Gasteiger charge is 2.41. The van der Waals surface area contributed by atoms with Crippen molar-refractivity contribution in [3.05, 3.63) is 83.9 Å². The van der Waals surface area contributed by atoms with Crippen LogP contribution in [0.2, 0.25) is 0 Å². The molecule has 2 aromatic carbocycles. The molecule has 1 aromatic heterocycles. The van der Waals surface area contributed by atoms with E-state index in [4.69, 9.17) is 17.2 Å². The Morgan fingerprint density at radius 3 is 1.94 bits per heavy atom. The van der Waals surface area contributed by atoms with E-state index >= 15 is 0 Å². The number of phenols is 1. The van der Waals surface area contributed by atoms with Crippen LogP contribution in [-0.4, -0.2) is 140 Å². The van der Waals surface area contributed by atoms with Gasteiger partial charge in [0.05, 0.1) is 12.4 Å². The van der Waals surface area contributed by atoms with Crippen molar-refractivity contribution in [2.75, 3.05) is 13.1 Å². The second-order valence-electron chi connectivity index (χ2n) is 18.5. The van der Waals surface area contributed by atoms with Crippen LogP contribution in [0.15, 0.2) is 72.1 Å². The number of nitrogens with two attached hydrogens (primary N) is 3. The standard InChI is InChI=1S/C49H71N13O10/c1-6-28(4)40(46(69)58-36(24-32-25-53-26-55-32)47(70)62-21-11-15-38(62)44(67)59-37(48(71)72)23-30-12-8-7-9-13-30)61-43(66)35(22-31-16-18-33(63)19-17-31)57-45(68)39(27(2)3)60-42(65)34(56-41(64)29(5)50)14-10-20-54-49(51)52/h7-9,12-13,16-19,25-29,34-40,63H,6,10-11,14-15,20-24,50H2,1-5H3,(H,53,55)(H,56,64)(H,57,68)(H,58,69)(H,59,67)(H,60,65)(H,61,66)(H,71,72)(H4,51,52,54). The summed E-state index contributed by atoms with van der Waals surface area (Å²) < 4.78 is 0. The van der Waals surface area contributed by atoms with E-state index < -0.39 is 107 Å². The second kappa shape index (κ2) is 27.7. The zero-order chi connectivity index (χ0) is 53.1. The van der Waals surface area contributed by atoms with Gasteiger partial charge in [-0.2, -0.15) is 0 Å². The summed E-state index contributed by atoms with van der Waals surface area (Å²) in [6.45, 7) is 8.62. The Balaban J connectivity index is 1.58. The molecule has 0 saturated carbocycles. The average molecular weight is 1000 g/mol. The molecule has 0 bridgehead atoms. The third-order valence-electron chi connectivity index (χ3n) is 12.4. The van der Waals surface area contributed by atoms with Crippen LogP contribution in [0, 0.1) is 11.8 Å². The van der Waals surface area contributed by atoms with Crippen molar-refractivity contribution in [2.45, 2.75) is 134 Å². The van der Waals surface area contributed by atoms with Crippen LogP contribution in [0.4, 0.5) is 0 Å². The molecule has 7 amide bonds. The first-order valence-electron chi connectivity index (χ1n) is 24.1. The average Bonchev–Trinajstić information content (AvgIpc) is 4.06. The van der Waals surface area contributed by atoms with Gasteiger partial charge in [-0.1, -0.05) is 76.6 Å². The maximum atomic E-state index is 14.5. The SMILES string of the molecule is CCC(C)C(NC(=O)C(Cc1ccc(O)cc1)NC(=O)C(NC(=O)C(CCCN=C(N)N)NC(=O)C(C)N)C(C)C)C(=O)NC(Cc1cnc[nH]1)C(=O)N1CCCC1C(=O)NC(Cc1ccccc1)C(=O)O. The third-order valence-corrected chi connectivity index (χ3v) is 12.4. The lowest BCUT2D eigenvalue weighted by Crippen LogP contribution is -2.62. The summed E-state index contributed by atoms with van der Waals surface area (Å²) in [7, 11) is 0. The van der Waals surface area contributed by atoms with Gasteiger partial charge in [0.25, 0.3) is 0 Å². The normalized spacial score (nSPS) is 16.6. The molecule has 4 rings (SSSR count). The number of guanidine groups is 1. The fourth-order valence-corrected chi connectivity index (χ4v) is 8.06. The molecule has 0 spiro atoms. The fraction of sp³-hybridized carbons (Fsp3) is 0.510. The number of H-pyrrole nitrogens is 1. The highest BCUT2D eigenvalue weighted by molar-refractivity contribution is 5.98. The second-order valence-corrected chi connectivity index (χ2v) is 18.5. The van der Waals surface area contributed by atoms with E-state index in [0.29, 0.717) is 29.7 Å². The Morgan fingerprint density at radius 2 is 1.35 bits per heavy atom. The topological polar surface area (TPSA) is 372 Å². The van der Waals surface area contributed by atoms with E-state index in [1.54, 1.807) is 70.2 Å². The van der Waals surface area contributed by atoms with E-state index in [0.717, 1.165) is 0 Å². The minimum atomic E-state index is -1.37. The number of likely N-dealkylation sites (tertiary alicyclic amines) is 1. The zero-order valence-electron chi connectivity index (χ0n) is 41.4. The molecule has 9 unspecified atom stereocenters. The monoisotopic (exact) mass is 1000 g/mol. The molecule has 0 radical (unpaired) electrons. The van der Waals surface area contributed by atoms with Crippen molar-refractivity contribution in [1.29, 1.82) is 0 Å². The number of hydrogen-bond donors (Lipinski definition) is 12. The number of aromatic amines is 1. The first-order chi connectivity index (χ1) is 34.2. The van der Waals surface area contributed by atoms with Crippen LogP contribution in [0.1, 0.15) is 83.5 Å². The first kappa shape index (κ1) is 57.0. The summed E-state index contributed by atoms with van der Waals surface area (Å²) in [5.74, 6) is -7.42. The Bertz CT molecular complexity index is 2330. The van der Waals surface area contributed by atoms with Gasteiger partial charge in [-0.25, -0.2) is 9.78 Å². The van der Waals surface area contributed by atoms with Crippen LogP contribution >= 0.6 is 0 Å². The number of aromatic hydroxyl groups is 1. The Hall–Kier alpha value is -7.56. The van der Waals surface area contributed by atoms with Crippen molar-refractivity contribution in [2.24, 2.45) is 34.0 Å². The molecule has 0 aliphatic carbocycles. The van der Waals surface area contributed by atoms with Gasteiger partial charge in [0.15, 0.2) is 5.96 Å². The van der Waals surface area contributed by atoms with Gasteiger partial charge in [0.1, 0.15) is 48.0 Å². The van der Waals surface area contributed by atoms with Gasteiger partial charge >= 0.3 is 5.97 Å². The van der Waals surface area contributed by atoms with Gasteiger partial charge in [0, 0.05) is 44.2 Å². The molecule has 23 heteroatoms. The van der Waals surface area contributed by atoms with Crippen molar-refractivity contribution in [3.8, 4) is 5.75 Å². The van der Waals surface area contributed by atoms with Gasteiger partial charge < -0.3 is 69.2 Å². The molecule has 15 N–H and O–H groups in total. The number of aliphatic carboxylic acids is 1. The summed E-state index contributed by atoms with van der Waals surface area (Å²) in [4.78, 5) is 122. The van der Waals surface area contributed by atoms with Crippen molar-refractivity contribution < 1.29 is 48.6 Å². The number of hydrogen-bond acceptors (Lipinski definition) is 12. The maximum absolute atomic E-state index is 14.5. The summed E-state index contributed by atoms with van der Waals surface area (Å²) in [6, 6.07) is 5.14. The number of nitrogens with one attached hydrogen (secondary N) is 7. The van der Waals surface area contributed by atoms with Gasteiger partial charge in [-0.05, 0) is 67.7 Å². The van der Waals surface area contributed by atoms with Gasteiger partial charge in [0.2, 0.25) is 41.4 Å². The van der Waals surface area contributed by atoms with Crippen LogP contribution in [0.3, 0.4) is 0 Å². The molecule has 72 heavy (non-hydrogen) atoms. The fourth-order valence-electron chi connectivity index (χ4n) is 8.06. The van der Waals surface area contributed by atoms with Crippen LogP contribution in [0.5, 0.6) is 5.75 Å². The van der Waals surface area contributed by atoms with E-state index in [2.05, 4.69) is 46.9 Å². The highest BCUT2D eigenvalue weighted by Crippen LogP contribution is 2.21. The van der Waals surface area contributed by atoms with Crippen LogP contribution in [-0.2, 0) is 57.6 Å². The number of carboxylic acid groups (broad SMARTS) is 1. The lowest BCUT2D eigenvalue weighted by atomic mass is 9.96. The Kier molecular flexibility index (Phi) is 22.0. The van der Waals surface area contributed by atoms with E-state index in [9.17, 15) is 48.6 Å². The quantitative estimate of drug-likeness (QED) is 0.0254. The number of imidazole rings is 1. The summed E-state index contributed by atoms with van der Waals surface area (Å²) in [5, 5.41) is 36.3. The number of amides is 7. The maximum Gasteiger partial charge on any atom is 0.326 e. The minimum absolute atomic E-state index is 0.0121. The van der Waals surface area contributed by atoms with E-state index in [1.165, 1.54) is 36.5 Å². The number of aliphatic imine (C=N–C) groups is 1. The van der Waals surface area contributed by atoms with Crippen molar-refractivity contribution >= 4 is 53.3 Å². The molecule has 2 heterocycles. The number of aromatic nitrogens is 2. The molecule has 392 valence electrons. The van der Waals surface area contributed by atoms with Crippen LogP contribution in [0.25, 0.3) is 0 Å². The molecule has 1 aliphatic heterocycles. The lowest BCUT2D eigenvalue weighted by molar-refractivity contribution is -0.145. The predicted octanol–water partition coefficient (Wildman–Crippen LogP) is -0.770. The zero-order valence-corrected chi connectivity index (χ0v) is 41.4. The number of carbonyl (C=O) groups is 8. The predicted molar refractivity (Wildman–Crippen MR) is 266 cm³/mol. The minimum Gasteiger partial charge on any atom is -0.508 e. The van der Waals surface area contributed by atoms with Gasteiger partial charge in [-0.15, -0.1) is 0 Å². The van der Waals surface area contributed by atoms with Crippen molar-refractivity contribution in [1.82, 2.24) is 46.8 Å². The largest absolute Gasteiger partial charge is 0.508 e. The number of nitrogens with zero attached hydrogens (tertiary/aromatic N) is 3. The first-order valence-corrected chi connectivity index (χ1v) is 24.1.